The second-order valence-corrected chi connectivity index (χ2v) is 4.26. The van der Waals surface area contributed by atoms with E-state index in [2.05, 4.69) is 5.32 Å². The highest BCUT2D eigenvalue weighted by atomic mass is 16.5. The van der Waals surface area contributed by atoms with Gasteiger partial charge in [0.2, 0.25) is 0 Å². The topological polar surface area (TPSA) is 58.6 Å². The fourth-order valence-electron chi connectivity index (χ4n) is 1.96. The van der Waals surface area contributed by atoms with Crippen LogP contribution in [0.1, 0.15) is 18.5 Å². The number of hydrogen-bond donors (Lipinski definition) is 2. The number of benzene rings is 2. The molecule has 0 amide bonds. The van der Waals surface area contributed by atoms with Gasteiger partial charge in [0.1, 0.15) is 5.75 Å². The average Bonchev–Trinajstić information content (AvgIpc) is 2.47. The molecule has 4 nitrogen and oxygen atoms in total. The number of ether oxygens (including phenoxy) is 1. The summed E-state index contributed by atoms with van der Waals surface area (Å²) in [7, 11) is 0. The van der Waals surface area contributed by atoms with Gasteiger partial charge in [-0.05, 0) is 24.6 Å². The van der Waals surface area contributed by atoms with E-state index in [9.17, 15) is 9.90 Å². The molecule has 0 heterocycles. The zero-order valence-electron chi connectivity index (χ0n) is 11.2. The molecule has 1 unspecified atom stereocenters. The Morgan fingerprint density at radius 2 is 1.80 bits per heavy atom. The van der Waals surface area contributed by atoms with E-state index in [1.807, 2.05) is 49.4 Å². The van der Waals surface area contributed by atoms with Gasteiger partial charge in [0, 0.05) is 0 Å². The lowest BCUT2D eigenvalue weighted by Gasteiger charge is -2.18. The fourth-order valence-corrected chi connectivity index (χ4v) is 1.96. The lowest BCUT2D eigenvalue weighted by molar-refractivity contribution is -0.138. The van der Waals surface area contributed by atoms with Crippen molar-refractivity contribution in [1.29, 1.82) is 0 Å². The second kappa shape index (κ2) is 6.61. The lowest BCUT2D eigenvalue weighted by atomic mass is 10.1. The summed E-state index contributed by atoms with van der Waals surface area (Å²) >= 11 is 0. The highest BCUT2D eigenvalue weighted by Gasteiger charge is 2.20. The van der Waals surface area contributed by atoms with E-state index in [1.54, 1.807) is 12.1 Å². The number of carbonyl (C=O) groups is 1. The van der Waals surface area contributed by atoms with Gasteiger partial charge < -0.3 is 15.2 Å². The minimum atomic E-state index is -0.928. The number of para-hydroxylation sites is 2. The smallest absolute Gasteiger partial charge is 0.330 e. The average molecular weight is 271 g/mol. The van der Waals surface area contributed by atoms with E-state index >= 15 is 0 Å². The van der Waals surface area contributed by atoms with E-state index in [0.29, 0.717) is 23.6 Å². The first kappa shape index (κ1) is 13.9. The van der Waals surface area contributed by atoms with Crippen molar-refractivity contribution in [2.75, 3.05) is 11.9 Å². The first-order valence-corrected chi connectivity index (χ1v) is 6.48. The van der Waals surface area contributed by atoms with Crippen molar-refractivity contribution < 1.29 is 14.6 Å². The summed E-state index contributed by atoms with van der Waals surface area (Å²) in [5.74, 6) is -0.278. The van der Waals surface area contributed by atoms with Crippen LogP contribution in [0.3, 0.4) is 0 Å². The molecular weight excluding hydrogens is 254 g/mol. The predicted molar refractivity (Wildman–Crippen MR) is 78.1 cm³/mol. The Hall–Kier alpha value is -2.49. The fraction of sp³-hybridized carbons (Fsp3) is 0.188. The van der Waals surface area contributed by atoms with Crippen molar-refractivity contribution in [3.8, 4) is 5.75 Å². The van der Waals surface area contributed by atoms with E-state index < -0.39 is 12.0 Å². The van der Waals surface area contributed by atoms with Crippen LogP contribution in [0.2, 0.25) is 0 Å². The Morgan fingerprint density at radius 3 is 2.45 bits per heavy atom. The van der Waals surface area contributed by atoms with E-state index in [4.69, 9.17) is 4.74 Å². The predicted octanol–water partition coefficient (Wildman–Crippen LogP) is 3.32. The number of rotatable bonds is 6. The zero-order chi connectivity index (χ0) is 14.4. The molecule has 0 saturated carbocycles. The summed E-state index contributed by atoms with van der Waals surface area (Å²) in [6.07, 6.45) is 0. The van der Waals surface area contributed by atoms with Gasteiger partial charge in [-0.2, -0.15) is 0 Å². The van der Waals surface area contributed by atoms with Crippen LogP contribution in [-0.2, 0) is 4.79 Å². The van der Waals surface area contributed by atoms with Gasteiger partial charge in [-0.15, -0.1) is 0 Å². The molecular formula is C16H17NO3. The molecule has 0 aliphatic heterocycles. The molecule has 0 aliphatic carbocycles. The molecule has 2 N–H and O–H groups in total. The summed E-state index contributed by atoms with van der Waals surface area (Å²) in [6.45, 7) is 2.42. The van der Waals surface area contributed by atoms with Crippen molar-refractivity contribution in [2.24, 2.45) is 0 Å². The van der Waals surface area contributed by atoms with Gasteiger partial charge in [-0.3, -0.25) is 0 Å². The van der Waals surface area contributed by atoms with Gasteiger partial charge in [-0.25, -0.2) is 4.79 Å². The molecule has 0 radical (unpaired) electrons. The van der Waals surface area contributed by atoms with Gasteiger partial charge >= 0.3 is 5.97 Å². The van der Waals surface area contributed by atoms with Gasteiger partial charge in [0.15, 0.2) is 6.04 Å². The van der Waals surface area contributed by atoms with Gasteiger partial charge in [0.05, 0.1) is 12.3 Å². The van der Waals surface area contributed by atoms with Crippen LogP contribution in [0.25, 0.3) is 0 Å². The minimum Gasteiger partial charge on any atom is -0.492 e. The van der Waals surface area contributed by atoms with Crippen LogP contribution in [0.4, 0.5) is 5.69 Å². The molecule has 2 aromatic carbocycles. The minimum absolute atomic E-state index is 0.530. The first-order chi connectivity index (χ1) is 9.72. The van der Waals surface area contributed by atoms with Gasteiger partial charge in [-0.1, -0.05) is 42.5 Å². The largest absolute Gasteiger partial charge is 0.492 e. The molecule has 104 valence electrons. The number of aliphatic carboxylic acids is 1. The molecule has 0 fully saturated rings. The summed E-state index contributed by atoms with van der Waals surface area (Å²) in [5, 5.41) is 12.4. The third-order valence-electron chi connectivity index (χ3n) is 2.87. The summed E-state index contributed by atoms with van der Waals surface area (Å²) < 4.78 is 5.50. The molecule has 0 saturated heterocycles. The molecule has 20 heavy (non-hydrogen) atoms. The number of carboxylic acids is 1. The lowest BCUT2D eigenvalue weighted by Crippen LogP contribution is -2.20. The van der Waals surface area contributed by atoms with Crippen LogP contribution in [0.5, 0.6) is 5.75 Å². The second-order valence-electron chi connectivity index (χ2n) is 4.26. The standard InChI is InChI=1S/C16H17NO3/c1-2-20-14-11-7-6-10-13(14)17-15(16(18)19)12-8-4-3-5-9-12/h3-11,15,17H,2H2,1H3,(H,18,19). The van der Waals surface area contributed by atoms with Gasteiger partial charge in [0.25, 0.3) is 0 Å². The monoisotopic (exact) mass is 271 g/mol. The molecule has 0 bridgehead atoms. The Balaban J connectivity index is 2.28. The molecule has 2 aromatic rings. The van der Waals surface area contributed by atoms with Crippen LogP contribution in [-0.4, -0.2) is 17.7 Å². The van der Waals surface area contributed by atoms with Crippen molar-refractivity contribution in [2.45, 2.75) is 13.0 Å². The molecule has 0 aliphatic rings. The van der Waals surface area contributed by atoms with E-state index in [-0.39, 0.29) is 0 Å². The van der Waals surface area contributed by atoms with Crippen molar-refractivity contribution in [3.05, 3.63) is 60.2 Å². The van der Waals surface area contributed by atoms with Crippen molar-refractivity contribution >= 4 is 11.7 Å². The quantitative estimate of drug-likeness (QED) is 0.846. The Labute approximate surface area is 118 Å². The SMILES string of the molecule is CCOc1ccccc1NC(C(=O)O)c1ccccc1. The zero-order valence-corrected chi connectivity index (χ0v) is 11.2. The van der Waals surface area contributed by atoms with E-state index in [0.717, 1.165) is 0 Å². The highest BCUT2D eigenvalue weighted by molar-refractivity contribution is 5.80. The Morgan fingerprint density at radius 1 is 1.15 bits per heavy atom. The third kappa shape index (κ3) is 3.29. The number of anilines is 1. The van der Waals surface area contributed by atoms with Crippen LogP contribution in [0.15, 0.2) is 54.6 Å². The Kier molecular flexibility index (Phi) is 4.60. The maximum atomic E-state index is 11.5. The number of hydrogen-bond acceptors (Lipinski definition) is 3. The van der Waals surface area contributed by atoms with E-state index in [1.165, 1.54) is 0 Å². The number of carboxylic acid groups (broad SMARTS) is 1. The van der Waals surface area contributed by atoms with Crippen molar-refractivity contribution in [1.82, 2.24) is 0 Å². The Bertz CT molecular complexity index is 569. The molecule has 4 heteroatoms. The summed E-state index contributed by atoms with van der Waals surface area (Å²) in [6, 6.07) is 15.6. The van der Waals surface area contributed by atoms with Crippen LogP contribution in [0, 0.1) is 0 Å². The summed E-state index contributed by atoms with van der Waals surface area (Å²) in [5.41, 5.74) is 1.37. The molecule has 1 atom stereocenters. The maximum Gasteiger partial charge on any atom is 0.330 e. The maximum absolute atomic E-state index is 11.5. The van der Waals surface area contributed by atoms with Crippen molar-refractivity contribution in [3.63, 3.8) is 0 Å². The summed E-state index contributed by atoms with van der Waals surface area (Å²) in [4.78, 5) is 11.5. The van der Waals surface area contributed by atoms with Crippen LogP contribution >= 0.6 is 0 Å². The molecule has 2 rings (SSSR count). The third-order valence-corrected chi connectivity index (χ3v) is 2.87. The molecule has 0 spiro atoms. The van der Waals surface area contributed by atoms with Crippen LogP contribution < -0.4 is 10.1 Å². The normalized spacial score (nSPS) is 11.7. The molecule has 0 aromatic heterocycles. The number of nitrogens with one attached hydrogen (secondary N) is 1. The highest BCUT2D eigenvalue weighted by Crippen LogP contribution is 2.28. The first-order valence-electron chi connectivity index (χ1n) is 6.48.